The van der Waals surface area contributed by atoms with E-state index >= 15 is 0 Å². The third kappa shape index (κ3) is 2.73. The number of hydrogen-bond donors (Lipinski definition) is 5. The third-order valence-electron chi connectivity index (χ3n) is 6.78. The number of phenolic OH excluding ortho intramolecular Hbond substituents is 1. The molecular weight excluding hydrogens is 454 g/mol. The molecule has 5 atom stereocenters. The molecule has 1 aromatic rings. The molecule has 4 rings (SSSR count). The standard InChI is InChI=1S/C23H22ClNO8/c1-7-11-9(24)5-6-10(27)14(11)18(28)15-12(7)19(29)16-17(25(3)4)20(30)13(8(2)26)21(31)23(16,33)22(15)32/h5-6,12,16-17,19,27,29-30,32-33H,1H2,2-4H3/t12-,16-,17+,19+,23-/m1/s1. The lowest BCUT2D eigenvalue weighted by molar-refractivity contribution is -0.159. The topological polar surface area (TPSA) is 156 Å². The van der Waals surface area contributed by atoms with Crippen molar-refractivity contribution in [2.45, 2.75) is 24.7 Å². The summed E-state index contributed by atoms with van der Waals surface area (Å²) in [6.07, 6.45) is -1.71. The molecule has 0 bridgehead atoms. The van der Waals surface area contributed by atoms with Crippen molar-refractivity contribution >= 4 is 34.5 Å². The van der Waals surface area contributed by atoms with Crippen LogP contribution in [-0.4, -0.2) is 79.6 Å². The number of hydrogen-bond acceptors (Lipinski definition) is 9. The van der Waals surface area contributed by atoms with Gasteiger partial charge >= 0.3 is 0 Å². The number of benzene rings is 1. The van der Waals surface area contributed by atoms with Crippen molar-refractivity contribution in [3.63, 3.8) is 0 Å². The molecule has 33 heavy (non-hydrogen) atoms. The monoisotopic (exact) mass is 475 g/mol. The quantitative estimate of drug-likeness (QED) is 0.398. The molecule has 1 aromatic carbocycles. The molecule has 3 aliphatic rings. The van der Waals surface area contributed by atoms with Crippen molar-refractivity contribution in [2.75, 3.05) is 14.1 Å². The van der Waals surface area contributed by atoms with E-state index in [0.29, 0.717) is 0 Å². The summed E-state index contributed by atoms with van der Waals surface area (Å²) in [5.41, 5.74) is -4.32. The molecule has 0 heterocycles. The summed E-state index contributed by atoms with van der Waals surface area (Å²) in [6.45, 7) is 4.92. The molecule has 0 unspecified atom stereocenters. The second kappa shape index (κ2) is 7.26. The van der Waals surface area contributed by atoms with Gasteiger partial charge in [0.2, 0.25) is 5.78 Å². The highest BCUT2D eigenvalue weighted by molar-refractivity contribution is 6.34. The highest BCUT2D eigenvalue weighted by Gasteiger charge is 2.66. The van der Waals surface area contributed by atoms with Gasteiger partial charge in [0.05, 0.1) is 29.2 Å². The van der Waals surface area contributed by atoms with Crippen LogP contribution in [0.15, 0.2) is 41.4 Å². The molecule has 9 nitrogen and oxygen atoms in total. The van der Waals surface area contributed by atoms with E-state index < -0.39 is 75.3 Å². The van der Waals surface area contributed by atoms with Crippen LogP contribution in [0.4, 0.5) is 0 Å². The molecule has 3 aliphatic carbocycles. The predicted octanol–water partition coefficient (Wildman–Crippen LogP) is 1.32. The Morgan fingerprint density at radius 3 is 2.30 bits per heavy atom. The summed E-state index contributed by atoms with van der Waals surface area (Å²) in [6, 6.07) is 1.24. The molecule has 174 valence electrons. The van der Waals surface area contributed by atoms with Crippen LogP contribution in [0.2, 0.25) is 5.02 Å². The predicted molar refractivity (Wildman–Crippen MR) is 117 cm³/mol. The number of phenols is 1. The van der Waals surface area contributed by atoms with E-state index in [9.17, 15) is 39.9 Å². The Hall–Kier alpha value is -2.98. The van der Waals surface area contributed by atoms with Crippen LogP contribution in [0.25, 0.3) is 5.57 Å². The van der Waals surface area contributed by atoms with E-state index in [-0.39, 0.29) is 21.7 Å². The Morgan fingerprint density at radius 1 is 1.15 bits per heavy atom. The molecule has 0 radical (unpaired) electrons. The van der Waals surface area contributed by atoms with Crippen molar-refractivity contribution in [1.82, 2.24) is 4.90 Å². The maximum absolute atomic E-state index is 13.4. The first-order valence-corrected chi connectivity index (χ1v) is 10.4. The lowest BCUT2D eigenvalue weighted by Crippen LogP contribution is -2.67. The first kappa shape index (κ1) is 23.2. The molecule has 0 spiro atoms. The fourth-order valence-corrected chi connectivity index (χ4v) is 5.65. The molecule has 0 aromatic heterocycles. The van der Waals surface area contributed by atoms with Gasteiger partial charge in [-0.2, -0.15) is 0 Å². The number of halogens is 1. The van der Waals surface area contributed by atoms with Crippen molar-refractivity contribution < 1.29 is 39.9 Å². The third-order valence-corrected chi connectivity index (χ3v) is 7.09. The van der Waals surface area contributed by atoms with Crippen molar-refractivity contribution in [2.24, 2.45) is 11.8 Å². The molecule has 10 heteroatoms. The Bertz CT molecular complexity index is 1230. The highest BCUT2D eigenvalue weighted by atomic mass is 35.5. The summed E-state index contributed by atoms with van der Waals surface area (Å²) in [5.74, 6) is -8.23. The smallest absolute Gasteiger partial charge is 0.209 e. The number of Topliss-reactive ketones (excluding diaryl/α,β-unsaturated/α-hetero) is 3. The fraction of sp³-hybridized carbons (Fsp3) is 0.348. The molecule has 0 aliphatic heterocycles. The number of nitrogens with zero attached hydrogens (tertiary/aromatic N) is 1. The Labute approximate surface area is 193 Å². The van der Waals surface area contributed by atoms with Gasteiger partial charge in [-0.1, -0.05) is 18.2 Å². The zero-order valence-corrected chi connectivity index (χ0v) is 18.7. The molecule has 5 N–H and O–H groups in total. The minimum atomic E-state index is -2.89. The van der Waals surface area contributed by atoms with Crippen LogP contribution in [0.3, 0.4) is 0 Å². The number of likely N-dealkylation sites (N-methyl/N-ethyl adjacent to an activating group) is 1. The second-order valence-electron chi connectivity index (χ2n) is 8.75. The number of carbonyl (C=O) groups excluding carboxylic acids is 3. The van der Waals surface area contributed by atoms with Gasteiger partial charge in [0.1, 0.15) is 22.8 Å². The Kier molecular flexibility index (Phi) is 5.10. The number of aliphatic hydroxyl groups is 4. The van der Waals surface area contributed by atoms with Crippen LogP contribution >= 0.6 is 11.6 Å². The molecule has 0 saturated heterocycles. The first-order chi connectivity index (χ1) is 15.3. The fourth-order valence-electron chi connectivity index (χ4n) is 5.37. The minimum Gasteiger partial charge on any atom is -0.510 e. The lowest BCUT2D eigenvalue weighted by atomic mass is 9.56. The average molecular weight is 476 g/mol. The van der Waals surface area contributed by atoms with Gasteiger partial charge < -0.3 is 25.5 Å². The van der Waals surface area contributed by atoms with E-state index in [1.807, 2.05) is 0 Å². The van der Waals surface area contributed by atoms with E-state index in [1.54, 1.807) is 0 Å². The summed E-state index contributed by atoms with van der Waals surface area (Å²) in [7, 11) is 2.98. The van der Waals surface area contributed by atoms with E-state index in [2.05, 4.69) is 6.58 Å². The summed E-state index contributed by atoms with van der Waals surface area (Å²) < 4.78 is 0. The van der Waals surface area contributed by atoms with Gasteiger partial charge in [-0.25, -0.2) is 0 Å². The van der Waals surface area contributed by atoms with E-state index in [1.165, 1.54) is 31.1 Å². The molecule has 0 saturated carbocycles. The summed E-state index contributed by atoms with van der Waals surface area (Å²) in [4.78, 5) is 40.2. The Morgan fingerprint density at radius 2 is 1.76 bits per heavy atom. The lowest BCUT2D eigenvalue weighted by Gasteiger charge is -2.52. The minimum absolute atomic E-state index is 0.0678. The summed E-state index contributed by atoms with van der Waals surface area (Å²) >= 11 is 6.25. The largest absolute Gasteiger partial charge is 0.510 e. The maximum Gasteiger partial charge on any atom is 0.209 e. The zero-order valence-electron chi connectivity index (χ0n) is 18.0. The van der Waals surface area contributed by atoms with E-state index in [4.69, 9.17) is 11.6 Å². The van der Waals surface area contributed by atoms with Crippen LogP contribution < -0.4 is 0 Å². The van der Waals surface area contributed by atoms with Crippen LogP contribution in [0.5, 0.6) is 5.75 Å². The summed E-state index contributed by atoms with van der Waals surface area (Å²) in [5, 5.41) is 55.3. The van der Waals surface area contributed by atoms with Gasteiger partial charge in [0, 0.05) is 16.5 Å². The number of rotatable bonds is 2. The Balaban J connectivity index is 2.09. The number of ketones is 3. The van der Waals surface area contributed by atoms with Gasteiger partial charge in [0.25, 0.3) is 0 Å². The highest BCUT2D eigenvalue weighted by Crippen LogP contribution is 2.55. The van der Waals surface area contributed by atoms with Gasteiger partial charge in [0.15, 0.2) is 17.2 Å². The average Bonchev–Trinajstić information content (AvgIpc) is 2.72. The van der Waals surface area contributed by atoms with Crippen LogP contribution in [-0.2, 0) is 9.59 Å². The van der Waals surface area contributed by atoms with Crippen LogP contribution in [0.1, 0.15) is 22.8 Å². The number of fused-ring (bicyclic) bond motifs is 3. The van der Waals surface area contributed by atoms with Gasteiger partial charge in [-0.3, -0.25) is 19.3 Å². The van der Waals surface area contributed by atoms with Crippen molar-refractivity contribution in [3.8, 4) is 5.75 Å². The normalized spacial score (nSPS) is 31.5. The molecule has 0 amide bonds. The molecule has 0 fully saturated rings. The maximum atomic E-state index is 13.4. The number of carbonyl (C=O) groups is 3. The SMILES string of the molecule is C=C1c2c(Cl)ccc(O)c2C(=O)C2=C(O)[C@]3(O)C(=O)C(C(C)=O)=C(O)[C@@H](N(C)C)[C@@H]3[C@@H](O)[C@H]12. The van der Waals surface area contributed by atoms with Crippen molar-refractivity contribution in [1.29, 1.82) is 0 Å². The zero-order chi connectivity index (χ0) is 24.7. The first-order valence-electron chi connectivity index (χ1n) is 10.0. The van der Waals surface area contributed by atoms with E-state index in [0.717, 1.165) is 6.92 Å². The molecular formula is C23H22ClNO8. The second-order valence-corrected chi connectivity index (χ2v) is 9.15. The van der Waals surface area contributed by atoms with Crippen molar-refractivity contribution in [3.05, 3.63) is 57.5 Å². The number of aromatic hydroxyl groups is 1. The van der Waals surface area contributed by atoms with Crippen LogP contribution in [0, 0.1) is 11.8 Å². The number of aliphatic hydroxyl groups excluding tert-OH is 3. The van der Waals surface area contributed by atoms with Gasteiger partial charge in [-0.05, 0) is 38.7 Å². The van der Waals surface area contributed by atoms with Gasteiger partial charge in [-0.15, -0.1) is 0 Å².